The van der Waals surface area contributed by atoms with Crippen LogP contribution in [0.15, 0.2) is 23.0 Å². The highest BCUT2D eigenvalue weighted by atomic mass is 16.5. The highest BCUT2D eigenvalue weighted by molar-refractivity contribution is 6.24. The van der Waals surface area contributed by atoms with E-state index in [0.717, 1.165) is 31.5 Å². The SMILES string of the molecule is CCN1CCC[C@H]1c1cc(O)c2c(c1OC)C[C@H]1C[C@H]3[C@H](N)C(=O)C(C(N)=O)=C(O)[C@@]3(O)C(=O)C1=C2O. The lowest BCUT2D eigenvalue weighted by molar-refractivity contribution is -0.149. The summed E-state index contributed by atoms with van der Waals surface area (Å²) in [5.74, 6) is -6.78. The van der Waals surface area contributed by atoms with E-state index in [2.05, 4.69) is 11.8 Å². The van der Waals surface area contributed by atoms with Gasteiger partial charge in [-0.15, -0.1) is 0 Å². The zero-order valence-electron chi connectivity index (χ0n) is 20.7. The summed E-state index contributed by atoms with van der Waals surface area (Å²) in [5.41, 5.74) is 8.74. The number of Topliss-reactive ketones (excluding diaryl/α,β-unsaturated/α-hetero) is 2. The number of carbonyl (C=O) groups excluding carboxylic acids is 3. The van der Waals surface area contributed by atoms with Gasteiger partial charge in [0.1, 0.15) is 28.6 Å². The molecule has 0 unspecified atom stereocenters. The van der Waals surface area contributed by atoms with Crippen molar-refractivity contribution in [1.82, 2.24) is 4.90 Å². The van der Waals surface area contributed by atoms with Gasteiger partial charge in [-0.3, -0.25) is 19.3 Å². The van der Waals surface area contributed by atoms with Gasteiger partial charge in [0.15, 0.2) is 11.4 Å². The van der Waals surface area contributed by atoms with Gasteiger partial charge in [-0.1, -0.05) is 6.92 Å². The molecule has 1 aromatic rings. The van der Waals surface area contributed by atoms with Crippen LogP contribution in [0, 0.1) is 11.8 Å². The predicted molar refractivity (Wildman–Crippen MR) is 131 cm³/mol. The fourth-order valence-corrected chi connectivity index (χ4v) is 6.84. The van der Waals surface area contributed by atoms with Gasteiger partial charge in [0, 0.05) is 28.7 Å². The van der Waals surface area contributed by atoms with Crippen LogP contribution in [0.3, 0.4) is 0 Å². The quantitative estimate of drug-likeness (QED) is 0.309. The molecule has 2 fully saturated rings. The van der Waals surface area contributed by atoms with E-state index >= 15 is 0 Å². The molecule has 0 bridgehead atoms. The number of hydrogen-bond acceptors (Lipinski definition) is 10. The minimum atomic E-state index is -2.72. The summed E-state index contributed by atoms with van der Waals surface area (Å²) in [5, 5.41) is 44.5. The summed E-state index contributed by atoms with van der Waals surface area (Å²) in [7, 11) is 1.51. The normalized spacial score (nSPS) is 31.8. The lowest BCUT2D eigenvalue weighted by Crippen LogP contribution is -2.65. The topological polar surface area (TPSA) is 197 Å². The Morgan fingerprint density at radius 1 is 1.27 bits per heavy atom. The van der Waals surface area contributed by atoms with E-state index in [0.29, 0.717) is 11.3 Å². The predicted octanol–water partition coefficient (Wildman–Crippen LogP) is 0.527. The molecule has 0 aromatic heterocycles. The molecule has 3 aliphatic carbocycles. The van der Waals surface area contributed by atoms with E-state index in [1.54, 1.807) is 0 Å². The maximum atomic E-state index is 13.7. The molecule has 1 aliphatic heterocycles. The van der Waals surface area contributed by atoms with Crippen LogP contribution >= 0.6 is 0 Å². The number of ether oxygens (including phenoxy) is 1. The number of hydrogen-bond donors (Lipinski definition) is 6. The number of nitrogens with two attached hydrogens (primary N) is 2. The lowest BCUT2D eigenvalue weighted by atomic mass is 9.58. The number of aliphatic hydroxyl groups excluding tert-OH is 2. The molecule has 1 saturated heterocycles. The van der Waals surface area contributed by atoms with Crippen molar-refractivity contribution < 1.29 is 39.5 Å². The zero-order valence-corrected chi connectivity index (χ0v) is 20.7. The fourth-order valence-electron chi connectivity index (χ4n) is 6.84. The number of benzene rings is 1. The summed E-state index contributed by atoms with van der Waals surface area (Å²) in [6.45, 7) is 3.78. The first-order chi connectivity index (χ1) is 17.5. The van der Waals surface area contributed by atoms with Crippen LogP contribution in [0.2, 0.25) is 0 Å². The van der Waals surface area contributed by atoms with Crippen molar-refractivity contribution in [2.75, 3.05) is 20.2 Å². The number of phenolic OH excluding ortho intramolecular Hbond substituents is 1. The Balaban J connectivity index is 1.69. The molecule has 5 rings (SSSR count). The number of ketones is 2. The van der Waals surface area contributed by atoms with Crippen LogP contribution in [0.1, 0.15) is 48.9 Å². The number of likely N-dealkylation sites (tertiary alicyclic amines) is 1. The third-order valence-electron chi connectivity index (χ3n) is 8.56. The Morgan fingerprint density at radius 3 is 2.59 bits per heavy atom. The van der Waals surface area contributed by atoms with E-state index in [-0.39, 0.29) is 35.8 Å². The smallest absolute Gasteiger partial charge is 0.255 e. The number of aliphatic hydroxyl groups is 3. The molecule has 11 heteroatoms. The molecule has 8 N–H and O–H groups in total. The molecule has 198 valence electrons. The molecule has 0 spiro atoms. The van der Waals surface area contributed by atoms with Crippen molar-refractivity contribution in [2.45, 2.75) is 50.3 Å². The standard InChI is InChI=1S/C26H31N3O8/c1-3-29-6-4-5-14(29)11-9-15(30)17-12(22(11)37-2)7-10-8-13-19(27)21(32)18(25(28)35)24(34)26(13,36)23(33)16(10)20(17)31/h9-10,13-14,19,30-31,34,36H,3-8,27H2,1-2H3,(H2,28,35)/t10-,13-,14-,19-,26-/m0/s1. The summed E-state index contributed by atoms with van der Waals surface area (Å²) in [6.07, 6.45) is 1.97. The van der Waals surface area contributed by atoms with Crippen molar-refractivity contribution in [3.63, 3.8) is 0 Å². The van der Waals surface area contributed by atoms with E-state index in [4.69, 9.17) is 16.2 Å². The highest BCUT2D eigenvalue weighted by Gasteiger charge is 2.63. The largest absolute Gasteiger partial charge is 0.508 e. The van der Waals surface area contributed by atoms with Crippen molar-refractivity contribution in [2.24, 2.45) is 23.3 Å². The minimum Gasteiger partial charge on any atom is -0.508 e. The molecule has 37 heavy (non-hydrogen) atoms. The van der Waals surface area contributed by atoms with Crippen LogP contribution in [0.4, 0.5) is 0 Å². The van der Waals surface area contributed by atoms with E-state index in [9.17, 15) is 34.8 Å². The zero-order chi connectivity index (χ0) is 27.0. The Bertz CT molecular complexity index is 1300. The first-order valence-electron chi connectivity index (χ1n) is 12.4. The monoisotopic (exact) mass is 513 g/mol. The first-order valence-corrected chi connectivity index (χ1v) is 12.4. The van der Waals surface area contributed by atoms with Gasteiger partial charge in [0.05, 0.1) is 18.7 Å². The Labute approximate surface area is 213 Å². The number of aromatic hydroxyl groups is 1. The Morgan fingerprint density at radius 2 is 1.97 bits per heavy atom. The molecule has 0 radical (unpaired) electrons. The number of rotatable bonds is 4. The molecule has 5 atom stereocenters. The molecular formula is C26H31N3O8. The van der Waals surface area contributed by atoms with Gasteiger partial charge in [0.25, 0.3) is 5.91 Å². The average molecular weight is 514 g/mol. The fraction of sp³-hybridized carbons (Fsp3) is 0.500. The van der Waals surface area contributed by atoms with E-state index < -0.39 is 58.0 Å². The van der Waals surface area contributed by atoms with Crippen LogP contribution in [0.25, 0.3) is 5.76 Å². The number of fused-ring (bicyclic) bond motifs is 3. The summed E-state index contributed by atoms with van der Waals surface area (Å²) >= 11 is 0. The van der Waals surface area contributed by atoms with E-state index in [1.165, 1.54) is 13.2 Å². The Hall–Kier alpha value is -3.41. The average Bonchev–Trinajstić information content (AvgIpc) is 3.33. The minimum absolute atomic E-state index is 0.0121. The highest BCUT2D eigenvalue weighted by Crippen LogP contribution is 2.54. The number of nitrogens with zero attached hydrogens (tertiary/aromatic N) is 1. The molecule has 1 aromatic carbocycles. The number of phenols is 1. The van der Waals surface area contributed by atoms with Gasteiger partial charge in [-0.2, -0.15) is 0 Å². The van der Waals surface area contributed by atoms with Crippen LogP contribution in [-0.2, 0) is 20.8 Å². The second-order valence-electron chi connectivity index (χ2n) is 10.2. The maximum absolute atomic E-state index is 13.7. The molecule has 1 saturated carbocycles. The second kappa shape index (κ2) is 8.57. The third kappa shape index (κ3) is 3.27. The van der Waals surface area contributed by atoms with Crippen molar-refractivity contribution in [3.05, 3.63) is 39.7 Å². The summed E-state index contributed by atoms with van der Waals surface area (Å²) in [6, 6.07) is 0.0758. The molecule has 1 amide bonds. The van der Waals surface area contributed by atoms with Crippen molar-refractivity contribution in [1.29, 1.82) is 0 Å². The summed E-state index contributed by atoms with van der Waals surface area (Å²) < 4.78 is 5.80. The van der Waals surface area contributed by atoms with Crippen LogP contribution in [0.5, 0.6) is 11.5 Å². The molecular weight excluding hydrogens is 482 g/mol. The number of primary amides is 1. The van der Waals surface area contributed by atoms with Gasteiger partial charge in [0.2, 0.25) is 5.78 Å². The van der Waals surface area contributed by atoms with Crippen molar-refractivity contribution >= 4 is 23.2 Å². The van der Waals surface area contributed by atoms with Gasteiger partial charge in [-0.25, -0.2) is 0 Å². The van der Waals surface area contributed by atoms with E-state index in [1.807, 2.05) is 0 Å². The second-order valence-corrected chi connectivity index (χ2v) is 10.2. The van der Waals surface area contributed by atoms with Gasteiger partial charge < -0.3 is 36.6 Å². The van der Waals surface area contributed by atoms with Gasteiger partial charge in [-0.05, 0) is 50.8 Å². The molecule has 4 aliphatic rings. The van der Waals surface area contributed by atoms with Gasteiger partial charge >= 0.3 is 0 Å². The van der Waals surface area contributed by atoms with Crippen LogP contribution in [-0.4, -0.2) is 74.6 Å². The van der Waals surface area contributed by atoms with Crippen molar-refractivity contribution in [3.8, 4) is 11.5 Å². The number of amides is 1. The lowest BCUT2D eigenvalue weighted by Gasteiger charge is -2.48. The Kier molecular flexibility index (Phi) is 5.85. The first kappa shape index (κ1) is 25.2. The summed E-state index contributed by atoms with van der Waals surface area (Å²) in [4.78, 5) is 40.5. The maximum Gasteiger partial charge on any atom is 0.255 e. The number of methoxy groups -OCH3 is 1. The number of carbonyl (C=O) groups is 3. The third-order valence-corrected chi connectivity index (χ3v) is 8.56. The molecule has 11 nitrogen and oxygen atoms in total. The molecule has 1 heterocycles. The van der Waals surface area contributed by atoms with Crippen LogP contribution < -0.4 is 16.2 Å².